The van der Waals surface area contributed by atoms with Gasteiger partial charge in [-0.15, -0.1) is 0 Å². The van der Waals surface area contributed by atoms with Gasteiger partial charge in [-0.05, 0) is 94.8 Å². The van der Waals surface area contributed by atoms with Crippen LogP contribution >= 0.6 is 0 Å². The highest BCUT2D eigenvalue weighted by Crippen LogP contribution is 2.52. The number of nitriles is 1. The Hall–Kier alpha value is -0.550. The molecule has 0 heterocycles. The molecule has 0 N–H and O–H groups in total. The average molecular weight is 402 g/mol. The molecule has 3 aliphatic rings. The first-order valence-corrected chi connectivity index (χ1v) is 13.2. The Morgan fingerprint density at radius 1 is 0.793 bits per heavy atom. The Morgan fingerprint density at radius 3 is 2.03 bits per heavy atom. The molecule has 0 atom stereocenters. The zero-order valence-electron chi connectivity index (χ0n) is 19.5. The van der Waals surface area contributed by atoms with Crippen LogP contribution < -0.4 is 0 Å². The Morgan fingerprint density at radius 2 is 1.45 bits per heavy atom. The smallest absolute Gasteiger partial charge is 0.0692 e. The molecule has 0 aromatic rings. The number of rotatable bonds is 9. The van der Waals surface area contributed by atoms with Crippen molar-refractivity contribution in [2.75, 3.05) is 6.61 Å². The van der Waals surface area contributed by atoms with Crippen LogP contribution in [0.25, 0.3) is 0 Å². The van der Waals surface area contributed by atoms with Crippen molar-refractivity contribution in [3.8, 4) is 6.07 Å². The molecule has 0 aromatic carbocycles. The maximum Gasteiger partial charge on any atom is 0.0692 e. The second-order valence-electron chi connectivity index (χ2n) is 10.7. The normalized spacial score (nSPS) is 38.4. The zero-order valence-corrected chi connectivity index (χ0v) is 19.5. The molecule has 0 aromatic heterocycles. The minimum Gasteiger partial charge on any atom is -0.379 e. The van der Waals surface area contributed by atoms with E-state index >= 15 is 0 Å². The number of nitrogens with zero attached hydrogens (tertiary/aromatic N) is 1. The second kappa shape index (κ2) is 11.7. The van der Waals surface area contributed by atoms with Crippen molar-refractivity contribution in [2.45, 2.75) is 129 Å². The molecule has 0 bridgehead atoms. The third-order valence-electron chi connectivity index (χ3n) is 9.03. The maximum absolute atomic E-state index is 10.1. The predicted octanol–water partition coefficient (Wildman–Crippen LogP) is 8.06. The quantitative estimate of drug-likeness (QED) is 0.366. The predicted molar refractivity (Wildman–Crippen MR) is 122 cm³/mol. The summed E-state index contributed by atoms with van der Waals surface area (Å²) in [7, 11) is 0. The van der Waals surface area contributed by atoms with Crippen LogP contribution in [0.2, 0.25) is 0 Å². The number of hydrogen-bond donors (Lipinski definition) is 0. The number of unbranched alkanes of at least 4 members (excludes halogenated alkanes) is 3. The maximum atomic E-state index is 10.1. The van der Waals surface area contributed by atoms with E-state index in [1.165, 1.54) is 109 Å². The second-order valence-corrected chi connectivity index (χ2v) is 10.7. The van der Waals surface area contributed by atoms with Crippen molar-refractivity contribution in [1.29, 1.82) is 5.26 Å². The molecule has 29 heavy (non-hydrogen) atoms. The Labute approximate surface area is 181 Å². The van der Waals surface area contributed by atoms with E-state index in [9.17, 15) is 5.26 Å². The van der Waals surface area contributed by atoms with Crippen molar-refractivity contribution in [3.63, 3.8) is 0 Å². The third kappa shape index (κ3) is 6.22. The first-order chi connectivity index (χ1) is 14.2. The first kappa shape index (κ1) is 23.1. The van der Waals surface area contributed by atoms with Gasteiger partial charge in [0.15, 0.2) is 0 Å². The summed E-state index contributed by atoms with van der Waals surface area (Å²) in [5.41, 5.74) is -0.00976. The van der Waals surface area contributed by atoms with Gasteiger partial charge in [0.25, 0.3) is 0 Å². The molecule has 0 unspecified atom stereocenters. The lowest BCUT2D eigenvalue weighted by atomic mass is 9.58. The van der Waals surface area contributed by atoms with Crippen molar-refractivity contribution < 1.29 is 4.74 Å². The van der Waals surface area contributed by atoms with Gasteiger partial charge in [-0.2, -0.15) is 5.26 Å². The topological polar surface area (TPSA) is 33.0 Å². The molecule has 3 rings (SSSR count). The summed E-state index contributed by atoms with van der Waals surface area (Å²) in [5, 5.41) is 10.1. The molecule has 0 radical (unpaired) electrons. The van der Waals surface area contributed by atoms with Gasteiger partial charge in [-0.3, -0.25) is 0 Å². The fourth-order valence-electron chi connectivity index (χ4n) is 7.06. The summed E-state index contributed by atoms with van der Waals surface area (Å²) < 4.78 is 5.84. The van der Waals surface area contributed by atoms with Crippen LogP contribution in [0, 0.1) is 40.4 Å². The van der Waals surface area contributed by atoms with E-state index in [1.54, 1.807) is 0 Å². The molecule has 2 heteroatoms. The van der Waals surface area contributed by atoms with Gasteiger partial charge in [-0.1, -0.05) is 51.9 Å². The number of hydrogen-bond acceptors (Lipinski definition) is 2. The monoisotopic (exact) mass is 401 g/mol. The van der Waals surface area contributed by atoms with Crippen molar-refractivity contribution in [2.24, 2.45) is 29.1 Å². The highest BCUT2D eigenvalue weighted by Gasteiger charge is 2.44. The molecule has 0 spiro atoms. The van der Waals surface area contributed by atoms with E-state index in [0.717, 1.165) is 24.4 Å². The lowest BCUT2D eigenvalue weighted by Gasteiger charge is -2.45. The highest BCUT2D eigenvalue weighted by molar-refractivity contribution is 5.06. The van der Waals surface area contributed by atoms with Crippen molar-refractivity contribution >= 4 is 0 Å². The minimum absolute atomic E-state index is 0.00976. The van der Waals surface area contributed by atoms with Crippen LogP contribution in [0.15, 0.2) is 0 Å². The molecule has 166 valence electrons. The Bertz CT molecular complexity index is 485. The van der Waals surface area contributed by atoms with Crippen LogP contribution in [0.1, 0.15) is 123 Å². The summed E-state index contributed by atoms with van der Waals surface area (Å²) in [6.07, 6.45) is 23.3. The highest BCUT2D eigenvalue weighted by atomic mass is 16.5. The molecule has 3 aliphatic carbocycles. The van der Waals surface area contributed by atoms with E-state index in [-0.39, 0.29) is 5.41 Å². The van der Waals surface area contributed by atoms with Crippen LogP contribution in [0.4, 0.5) is 0 Å². The van der Waals surface area contributed by atoms with Gasteiger partial charge in [-0.25, -0.2) is 0 Å². The van der Waals surface area contributed by atoms with E-state index in [0.29, 0.717) is 12.0 Å². The Balaban J connectivity index is 1.40. The van der Waals surface area contributed by atoms with Gasteiger partial charge in [0.1, 0.15) is 0 Å². The summed E-state index contributed by atoms with van der Waals surface area (Å²) in [6.45, 7) is 5.24. The lowest BCUT2D eigenvalue weighted by Crippen LogP contribution is -2.38. The molecule has 0 amide bonds. The summed E-state index contributed by atoms with van der Waals surface area (Å²) in [5.74, 6) is 3.53. The van der Waals surface area contributed by atoms with E-state index in [2.05, 4.69) is 19.9 Å². The lowest BCUT2D eigenvalue weighted by molar-refractivity contribution is -0.00233. The number of ether oxygens (including phenoxy) is 1. The fraction of sp³-hybridized carbons (Fsp3) is 0.963. The Kier molecular flexibility index (Phi) is 9.36. The fourth-order valence-corrected chi connectivity index (χ4v) is 7.06. The van der Waals surface area contributed by atoms with Crippen LogP contribution in [-0.4, -0.2) is 12.7 Å². The van der Waals surface area contributed by atoms with Gasteiger partial charge >= 0.3 is 0 Å². The molecule has 0 aliphatic heterocycles. The summed E-state index contributed by atoms with van der Waals surface area (Å²) in [6, 6.07) is 2.86. The SMILES string of the molecule is CCCCCCC1CCC(C2CCC(C#N)(C3CCC(OCC)CC3)CC2)CC1. The van der Waals surface area contributed by atoms with Crippen LogP contribution in [0.3, 0.4) is 0 Å². The molecule has 2 nitrogen and oxygen atoms in total. The first-order valence-electron chi connectivity index (χ1n) is 13.2. The van der Waals surface area contributed by atoms with E-state index in [4.69, 9.17) is 4.74 Å². The van der Waals surface area contributed by atoms with Gasteiger partial charge < -0.3 is 4.74 Å². The van der Waals surface area contributed by atoms with Crippen LogP contribution in [0.5, 0.6) is 0 Å². The summed E-state index contributed by atoms with van der Waals surface area (Å²) >= 11 is 0. The largest absolute Gasteiger partial charge is 0.379 e. The average Bonchev–Trinajstić information content (AvgIpc) is 2.78. The van der Waals surface area contributed by atoms with Gasteiger partial charge in [0.05, 0.1) is 17.6 Å². The van der Waals surface area contributed by atoms with E-state index < -0.39 is 0 Å². The molecule has 0 saturated heterocycles. The molecular formula is C27H47NO. The molecule has 3 fully saturated rings. The summed E-state index contributed by atoms with van der Waals surface area (Å²) in [4.78, 5) is 0. The standard InChI is InChI=1S/C27H47NO/c1-3-5-6-7-8-22-9-11-23(12-10-22)24-17-19-27(21-28,20-18-24)25-13-15-26(16-14-25)29-4-2/h22-26H,3-20H2,1-2H3. The van der Waals surface area contributed by atoms with Gasteiger partial charge in [0, 0.05) is 6.61 Å². The third-order valence-corrected chi connectivity index (χ3v) is 9.03. The van der Waals surface area contributed by atoms with Gasteiger partial charge in [0.2, 0.25) is 0 Å². The van der Waals surface area contributed by atoms with Crippen molar-refractivity contribution in [3.05, 3.63) is 0 Å². The van der Waals surface area contributed by atoms with Crippen LogP contribution in [-0.2, 0) is 4.74 Å². The van der Waals surface area contributed by atoms with Crippen molar-refractivity contribution in [1.82, 2.24) is 0 Å². The minimum atomic E-state index is -0.00976. The molecular weight excluding hydrogens is 354 g/mol. The van der Waals surface area contributed by atoms with E-state index in [1.807, 2.05) is 0 Å². The zero-order chi connectivity index (χ0) is 20.5. The molecule has 3 saturated carbocycles.